The van der Waals surface area contributed by atoms with Gasteiger partial charge in [-0.2, -0.15) is 0 Å². The van der Waals surface area contributed by atoms with Crippen LogP contribution >= 0.6 is 0 Å². The monoisotopic (exact) mass is 529 g/mol. The highest BCUT2D eigenvalue weighted by Crippen LogP contribution is 2.32. The summed E-state index contributed by atoms with van der Waals surface area (Å²) in [4.78, 5) is 11.6. The number of nitrogens with one attached hydrogen (secondary N) is 1. The van der Waals surface area contributed by atoms with Gasteiger partial charge < -0.3 is 75.0 Å². The first-order chi connectivity index (χ1) is 16.9. The smallest absolute Gasteiger partial charge is 0.217 e. The van der Waals surface area contributed by atoms with Crippen molar-refractivity contribution in [3.63, 3.8) is 0 Å². The molecule has 0 aliphatic carbocycles. The van der Waals surface area contributed by atoms with E-state index in [1.165, 1.54) is 6.92 Å². The lowest BCUT2D eigenvalue weighted by atomic mass is 9.95. The van der Waals surface area contributed by atoms with Crippen molar-refractivity contribution in [2.45, 2.75) is 106 Å². The summed E-state index contributed by atoms with van der Waals surface area (Å²) in [6.07, 6.45) is -22.1. The quantitative estimate of drug-likeness (QED) is 0.147. The largest absolute Gasteiger partial charge is 0.394 e. The maximum atomic E-state index is 11.6. The third kappa shape index (κ3) is 5.97. The number of hydrogen-bond donors (Lipinski definition) is 10. The van der Waals surface area contributed by atoms with E-state index in [0.29, 0.717) is 0 Å². The van der Waals surface area contributed by atoms with Crippen LogP contribution in [0.25, 0.3) is 0 Å². The molecule has 0 bridgehead atoms. The van der Waals surface area contributed by atoms with Crippen molar-refractivity contribution >= 4 is 5.91 Å². The number of aliphatic hydroxyl groups excluding tert-OH is 9. The van der Waals surface area contributed by atoms with Crippen LogP contribution in [0.1, 0.15) is 13.8 Å². The second kappa shape index (κ2) is 12.2. The Morgan fingerprint density at radius 2 is 1.25 bits per heavy atom. The molecule has 3 rings (SSSR count). The molecular formula is C20H35NO15. The molecule has 0 aromatic heterocycles. The Hall–Kier alpha value is -1.09. The van der Waals surface area contributed by atoms with E-state index in [-0.39, 0.29) is 0 Å². The lowest BCUT2D eigenvalue weighted by Gasteiger charge is -2.48. The van der Waals surface area contributed by atoms with Crippen LogP contribution in [0.3, 0.4) is 0 Å². The molecule has 0 aromatic rings. The molecule has 10 N–H and O–H groups in total. The van der Waals surface area contributed by atoms with Crippen LogP contribution in [0.2, 0.25) is 0 Å². The molecular weight excluding hydrogens is 494 g/mol. The van der Waals surface area contributed by atoms with Gasteiger partial charge in [0, 0.05) is 6.92 Å². The Bertz CT molecular complexity index is 731. The molecule has 16 heteroatoms. The second-order valence-corrected chi connectivity index (χ2v) is 9.05. The van der Waals surface area contributed by atoms with Crippen LogP contribution < -0.4 is 5.32 Å². The first-order valence-corrected chi connectivity index (χ1v) is 11.4. The van der Waals surface area contributed by atoms with Gasteiger partial charge in [0.2, 0.25) is 5.91 Å². The maximum Gasteiger partial charge on any atom is 0.217 e. The molecule has 210 valence electrons. The van der Waals surface area contributed by atoms with E-state index >= 15 is 0 Å². The number of hydrogen-bond acceptors (Lipinski definition) is 15. The van der Waals surface area contributed by atoms with Crippen molar-refractivity contribution in [3.05, 3.63) is 0 Å². The van der Waals surface area contributed by atoms with Crippen molar-refractivity contribution in [2.75, 3.05) is 13.2 Å². The fourth-order valence-corrected chi connectivity index (χ4v) is 4.40. The van der Waals surface area contributed by atoms with E-state index in [1.54, 1.807) is 0 Å². The van der Waals surface area contributed by atoms with Crippen molar-refractivity contribution < 1.29 is 74.4 Å². The second-order valence-electron chi connectivity index (χ2n) is 9.05. The third-order valence-corrected chi connectivity index (χ3v) is 6.46. The lowest BCUT2D eigenvalue weighted by Crippen LogP contribution is -2.68. The number of rotatable bonds is 7. The van der Waals surface area contributed by atoms with Gasteiger partial charge in [-0.1, -0.05) is 0 Å². The van der Waals surface area contributed by atoms with Gasteiger partial charge in [0.1, 0.15) is 67.1 Å². The Balaban J connectivity index is 1.82. The summed E-state index contributed by atoms with van der Waals surface area (Å²) in [5, 5.41) is 94.0. The Morgan fingerprint density at radius 3 is 1.83 bits per heavy atom. The minimum absolute atomic E-state index is 0.626. The van der Waals surface area contributed by atoms with Crippen molar-refractivity contribution in [1.82, 2.24) is 5.32 Å². The van der Waals surface area contributed by atoms with Crippen LogP contribution in [0.5, 0.6) is 0 Å². The van der Waals surface area contributed by atoms with Gasteiger partial charge in [-0.15, -0.1) is 0 Å². The molecule has 0 radical (unpaired) electrons. The van der Waals surface area contributed by atoms with Gasteiger partial charge >= 0.3 is 0 Å². The molecule has 1 amide bonds. The molecule has 3 saturated heterocycles. The summed E-state index contributed by atoms with van der Waals surface area (Å²) in [5.41, 5.74) is 0. The Kier molecular flexibility index (Phi) is 9.97. The lowest BCUT2D eigenvalue weighted by molar-refractivity contribution is -0.371. The van der Waals surface area contributed by atoms with Crippen LogP contribution in [0.15, 0.2) is 0 Å². The summed E-state index contributed by atoms with van der Waals surface area (Å²) in [6, 6.07) is -1.38. The average molecular weight is 529 g/mol. The molecule has 0 spiro atoms. The Morgan fingerprint density at radius 1 is 0.722 bits per heavy atom. The predicted molar refractivity (Wildman–Crippen MR) is 111 cm³/mol. The zero-order valence-electron chi connectivity index (χ0n) is 19.5. The minimum Gasteiger partial charge on any atom is -0.394 e. The summed E-state index contributed by atoms with van der Waals surface area (Å²) in [7, 11) is 0. The van der Waals surface area contributed by atoms with E-state index in [4.69, 9.17) is 23.7 Å². The summed E-state index contributed by atoms with van der Waals surface area (Å²) in [6.45, 7) is 1.01. The van der Waals surface area contributed by atoms with E-state index in [2.05, 4.69) is 5.32 Å². The molecule has 3 fully saturated rings. The highest BCUT2D eigenvalue weighted by Gasteiger charge is 2.53. The fraction of sp³-hybridized carbons (Fsp3) is 0.950. The van der Waals surface area contributed by atoms with Gasteiger partial charge in [-0.05, 0) is 6.92 Å². The Labute approximate surface area is 205 Å². The zero-order chi connectivity index (χ0) is 26.9. The standard InChI is InChI=1S/C20H35NO15/c1-5-10(25)13(28)14(29)19(32-5)36-17-12(27)8(4-23)34-20(15(17)30)35-16-9(21-6(2)24)18(31)33-7(3-22)11(16)26/h5,7-20,22-23,25-31H,3-4H2,1-2H3,(H,21,24)/t5-,7+,8+,9+,10-,11+,12-,13+,14+,15+,16+,17-,18+,19-,20+/m0/s1. The normalized spacial score (nSPS) is 50.0. The number of aliphatic hydroxyl groups is 9. The maximum absolute atomic E-state index is 11.6. The van der Waals surface area contributed by atoms with E-state index < -0.39 is 111 Å². The molecule has 0 aromatic carbocycles. The summed E-state index contributed by atoms with van der Waals surface area (Å²) >= 11 is 0. The van der Waals surface area contributed by atoms with Gasteiger partial charge in [0.15, 0.2) is 18.9 Å². The highest BCUT2D eigenvalue weighted by atomic mass is 16.7. The zero-order valence-corrected chi connectivity index (χ0v) is 19.5. The van der Waals surface area contributed by atoms with E-state index in [1.807, 2.05) is 0 Å². The highest BCUT2D eigenvalue weighted by molar-refractivity contribution is 5.73. The average Bonchev–Trinajstić information content (AvgIpc) is 2.83. The van der Waals surface area contributed by atoms with Crippen LogP contribution in [-0.2, 0) is 28.5 Å². The molecule has 36 heavy (non-hydrogen) atoms. The first-order valence-electron chi connectivity index (χ1n) is 11.4. The first kappa shape index (κ1) is 29.5. The van der Waals surface area contributed by atoms with Gasteiger partial charge in [-0.25, -0.2) is 0 Å². The summed E-state index contributed by atoms with van der Waals surface area (Å²) < 4.78 is 27.1. The van der Waals surface area contributed by atoms with Crippen molar-refractivity contribution in [1.29, 1.82) is 0 Å². The number of ether oxygens (including phenoxy) is 5. The van der Waals surface area contributed by atoms with Gasteiger partial charge in [0.25, 0.3) is 0 Å². The molecule has 16 nitrogen and oxygen atoms in total. The molecule has 0 unspecified atom stereocenters. The van der Waals surface area contributed by atoms with Crippen molar-refractivity contribution in [2.24, 2.45) is 0 Å². The van der Waals surface area contributed by atoms with E-state index in [0.717, 1.165) is 6.92 Å². The SMILES string of the molecule is CC(=O)N[C@@H]1[C@@H](O[C@H]2O[C@H](CO)[C@H](O)[C@H](O[C@@H]3O[C@@H](C)[C@H](O)[C@@H](O)[C@H]3O)[C@H]2O)[C@H](O)[C@@H](CO)O[C@H]1O. The van der Waals surface area contributed by atoms with E-state index in [9.17, 15) is 50.8 Å². The van der Waals surface area contributed by atoms with Gasteiger partial charge in [0.05, 0.1) is 19.3 Å². The molecule has 3 aliphatic heterocycles. The van der Waals surface area contributed by atoms with Gasteiger partial charge in [-0.3, -0.25) is 4.79 Å². The van der Waals surface area contributed by atoms with Crippen LogP contribution in [0.4, 0.5) is 0 Å². The van der Waals surface area contributed by atoms with Crippen molar-refractivity contribution in [3.8, 4) is 0 Å². The number of amides is 1. The number of carbonyl (C=O) groups is 1. The molecule has 15 atom stereocenters. The third-order valence-electron chi connectivity index (χ3n) is 6.46. The molecule has 3 heterocycles. The minimum atomic E-state index is -1.87. The van der Waals surface area contributed by atoms with Crippen LogP contribution in [-0.4, -0.2) is 157 Å². The molecule has 3 aliphatic rings. The fourth-order valence-electron chi connectivity index (χ4n) is 4.40. The van der Waals surface area contributed by atoms with Crippen LogP contribution in [0, 0.1) is 0 Å². The number of carbonyl (C=O) groups excluding carboxylic acids is 1. The predicted octanol–water partition coefficient (Wildman–Crippen LogP) is -6.40. The topological polar surface area (TPSA) is 257 Å². The molecule has 0 saturated carbocycles. The summed E-state index contributed by atoms with van der Waals surface area (Å²) in [5.74, 6) is -0.626.